The molecule has 22 heavy (non-hydrogen) atoms. The SMILES string of the molecule is COc1cccc(C(c2ccccn2)C(C)C2=NCCN2)c1. The lowest BCUT2D eigenvalue weighted by molar-refractivity contribution is 0.413. The first kappa shape index (κ1) is 14.6. The summed E-state index contributed by atoms with van der Waals surface area (Å²) in [5.74, 6) is 2.33. The second-order valence-electron chi connectivity index (χ2n) is 5.49. The van der Waals surface area contributed by atoms with Gasteiger partial charge in [0, 0.05) is 30.3 Å². The molecule has 1 aliphatic heterocycles. The molecule has 1 N–H and O–H groups in total. The topological polar surface area (TPSA) is 46.5 Å². The quantitative estimate of drug-likeness (QED) is 0.922. The van der Waals surface area contributed by atoms with Gasteiger partial charge < -0.3 is 10.1 Å². The van der Waals surface area contributed by atoms with Gasteiger partial charge in [0.15, 0.2) is 0 Å². The van der Waals surface area contributed by atoms with Gasteiger partial charge >= 0.3 is 0 Å². The molecule has 2 aromatic rings. The smallest absolute Gasteiger partial charge is 0.119 e. The normalized spacial score (nSPS) is 16.5. The molecule has 4 nitrogen and oxygen atoms in total. The third kappa shape index (κ3) is 2.96. The Bertz CT molecular complexity index is 654. The van der Waals surface area contributed by atoms with E-state index in [0.717, 1.165) is 30.4 Å². The fourth-order valence-corrected chi connectivity index (χ4v) is 2.99. The summed E-state index contributed by atoms with van der Waals surface area (Å²) in [7, 11) is 1.70. The van der Waals surface area contributed by atoms with Gasteiger partial charge in [-0.1, -0.05) is 25.1 Å². The van der Waals surface area contributed by atoms with Crippen LogP contribution < -0.4 is 10.1 Å². The van der Waals surface area contributed by atoms with Crippen molar-refractivity contribution in [1.82, 2.24) is 10.3 Å². The van der Waals surface area contributed by atoms with E-state index >= 15 is 0 Å². The van der Waals surface area contributed by atoms with E-state index in [-0.39, 0.29) is 11.8 Å². The second kappa shape index (κ2) is 6.60. The molecule has 0 saturated carbocycles. The van der Waals surface area contributed by atoms with Crippen molar-refractivity contribution in [3.63, 3.8) is 0 Å². The number of aromatic nitrogens is 1. The highest BCUT2D eigenvalue weighted by atomic mass is 16.5. The number of pyridine rings is 1. The zero-order valence-electron chi connectivity index (χ0n) is 13.0. The molecular weight excluding hydrogens is 274 g/mol. The molecule has 0 aliphatic carbocycles. The van der Waals surface area contributed by atoms with Crippen LogP contribution >= 0.6 is 0 Å². The molecule has 0 bridgehead atoms. The van der Waals surface area contributed by atoms with E-state index < -0.39 is 0 Å². The maximum Gasteiger partial charge on any atom is 0.119 e. The van der Waals surface area contributed by atoms with Crippen molar-refractivity contribution in [2.24, 2.45) is 10.9 Å². The number of benzene rings is 1. The molecule has 3 rings (SSSR count). The van der Waals surface area contributed by atoms with Crippen molar-refractivity contribution in [3.8, 4) is 5.75 Å². The molecule has 1 aromatic heterocycles. The van der Waals surface area contributed by atoms with Gasteiger partial charge in [0.25, 0.3) is 0 Å². The van der Waals surface area contributed by atoms with Crippen molar-refractivity contribution in [2.45, 2.75) is 12.8 Å². The van der Waals surface area contributed by atoms with Crippen molar-refractivity contribution in [2.75, 3.05) is 20.2 Å². The molecule has 0 saturated heterocycles. The van der Waals surface area contributed by atoms with Gasteiger partial charge in [0.1, 0.15) is 11.6 Å². The van der Waals surface area contributed by atoms with Crippen molar-refractivity contribution in [3.05, 3.63) is 59.9 Å². The lowest BCUT2D eigenvalue weighted by atomic mass is 9.83. The Kier molecular flexibility index (Phi) is 4.37. The van der Waals surface area contributed by atoms with Gasteiger partial charge in [-0.2, -0.15) is 0 Å². The minimum Gasteiger partial charge on any atom is -0.497 e. The summed E-state index contributed by atoms with van der Waals surface area (Å²) in [5, 5.41) is 3.40. The Labute approximate surface area is 131 Å². The average molecular weight is 295 g/mol. The Morgan fingerprint density at radius 2 is 2.09 bits per heavy atom. The molecule has 1 aliphatic rings. The van der Waals surface area contributed by atoms with Crippen molar-refractivity contribution < 1.29 is 4.74 Å². The molecule has 114 valence electrons. The van der Waals surface area contributed by atoms with E-state index in [2.05, 4.69) is 40.4 Å². The number of rotatable bonds is 5. The molecule has 0 radical (unpaired) electrons. The van der Waals surface area contributed by atoms with Gasteiger partial charge in [0.2, 0.25) is 0 Å². The monoisotopic (exact) mass is 295 g/mol. The standard InChI is InChI=1S/C18H21N3O/c1-13(18-20-10-11-21-18)17(16-8-3-4-9-19-16)14-6-5-7-15(12-14)22-2/h3-9,12-13,17H,10-11H2,1-2H3,(H,20,21). The lowest BCUT2D eigenvalue weighted by Gasteiger charge is -2.24. The number of methoxy groups -OCH3 is 1. The van der Waals surface area contributed by atoms with Crippen LogP contribution in [0.15, 0.2) is 53.7 Å². The zero-order chi connectivity index (χ0) is 15.4. The van der Waals surface area contributed by atoms with Crippen molar-refractivity contribution in [1.29, 1.82) is 0 Å². The minimum atomic E-state index is 0.153. The number of ether oxygens (including phenoxy) is 1. The number of aliphatic imine (C=N–C) groups is 1. The lowest BCUT2D eigenvalue weighted by Crippen LogP contribution is -2.30. The number of hydrogen-bond acceptors (Lipinski definition) is 4. The molecule has 2 heterocycles. The summed E-state index contributed by atoms with van der Waals surface area (Å²) in [6.45, 7) is 3.98. The van der Waals surface area contributed by atoms with Crippen LogP contribution in [0.4, 0.5) is 0 Å². The predicted molar refractivity (Wildman–Crippen MR) is 88.5 cm³/mol. The van der Waals surface area contributed by atoms with Gasteiger partial charge in [-0.05, 0) is 29.8 Å². The van der Waals surface area contributed by atoms with E-state index in [1.54, 1.807) is 7.11 Å². The van der Waals surface area contributed by atoms with Crippen molar-refractivity contribution >= 4 is 5.84 Å². The van der Waals surface area contributed by atoms with E-state index in [0.29, 0.717) is 0 Å². The Morgan fingerprint density at radius 3 is 2.77 bits per heavy atom. The van der Waals surface area contributed by atoms with E-state index in [9.17, 15) is 0 Å². The first-order valence-corrected chi connectivity index (χ1v) is 7.62. The van der Waals surface area contributed by atoms with Crippen LogP contribution in [0.5, 0.6) is 5.75 Å². The maximum atomic E-state index is 5.38. The van der Waals surface area contributed by atoms with Crippen LogP contribution in [0, 0.1) is 5.92 Å². The third-order valence-electron chi connectivity index (χ3n) is 4.09. The Hall–Kier alpha value is -2.36. The van der Waals surface area contributed by atoms with Gasteiger partial charge in [-0.3, -0.25) is 9.98 Å². The van der Waals surface area contributed by atoms with E-state index in [4.69, 9.17) is 4.74 Å². The molecule has 0 spiro atoms. The third-order valence-corrected chi connectivity index (χ3v) is 4.09. The number of nitrogens with one attached hydrogen (secondary N) is 1. The molecule has 2 atom stereocenters. The zero-order valence-corrected chi connectivity index (χ0v) is 13.0. The first-order valence-electron chi connectivity index (χ1n) is 7.62. The van der Waals surface area contributed by atoms with Crippen LogP contribution in [-0.4, -0.2) is 31.0 Å². The predicted octanol–water partition coefficient (Wildman–Crippen LogP) is 2.86. The fraction of sp³-hybridized carbons (Fsp3) is 0.333. The summed E-state index contributed by atoms with van der Waals surface area (Å²) in [4.78, 5) is 9.18. The summed E-state index contributed by atoms with van der Waals surface area (Å²) >= 11 is 0. The van der Waals surface area contributed by atoms with Crippen LogP contribution in [-0.2, 0) is 0 Å². The van der Waals surface area contributed by atoms with Crippen LogP contribution in [0.25, 0.3) is 0 Å². The van der Waals surface area contributed by atoms with Crippen LogP contribution in [0.2, 0.25) is 0 Å². The Balaban J connectivity index is 2.02. The molecule has 4 heteroatoms. The number of nitrogens with zero attached hydrogens (tertiary/aromatic N) is 2. The maximum absolute atomic E-state index is 5.38. The average Bonchev–Trinajstić information content (AvgIpc) is 3.11. The molecule has 0 amide bonds. The summed E-state index contributed by atoms with van der Waals surface area (Å²) in [6, 6.07) is 14.3. The molecule has 1 aromatic carbocycles. The second-order valence-corrected chi connectivity index (χ2v) is 5.49. The summed E-state index contributed by atoms with van der Waals surface area (Å²) < 4.78 is 5.38. The highest BCUT2D eigenvalue weighted by Gasteiger charge is 2.28. The highest BCUT2D eigenvalue weighted by Crippen LogP contribution is 2.33. The number of amidine groups is 1. The summed E-state index contributed by atoms with van der Waals surface area (Å²) in [5.41, 5.74) is 2.25. The van der Waals surface area contributed by atoms with Gasteiger partial charge in [-0.15, -0.1) is 0 Å². The van der Waals surface area contributed by atoms with Gasteiger partial charge in [-0.25, -0.2) is 0 Å². The molecular formula is C18H21N3O. The van der Waals surface area contributed by atoms with Gasteiger partial charge in [0.05, 0.1) is 13.7 Å². The first-order chi connectivity index (χ1) is 10.8. The highest BCUT2D eigenvalue weighted by molar-refractivity contribution is 5.87. The van der Waals surface area contributed by atoms with E-state index in [1.165, 1.54) is 5.56 Å². The van der Waals surface area contributed by atoms with E-state index in [1.807, 2.05) is 30.5 Å². The molecule has 0 fully saturated rings. The molecule has 2 unspecified atom stereocenters. The van der Waals surface area contributed by atoms with Crippen LogP contribution in [0.3, 0.4) is 0 Å². The summed E-state index contributed by atoms with van der Waals surface area (Å²) in [6.07, 6.45) is 1.85. The fourth-order valence-electron chi connectivity index (χ4n) is 2.99. The largest absolute Gasteiger partial charge is 0.497 e. The Morgan fingerprint density at radius 1 is 1.18 bits per heavy atom. The number of hydrogen-bond donors (Lipinski definition) is 1. The minimum absolute atomic E-state index is 0.153. The van der Waals surface area contributed by atoms with Crippen LogP contribution in [0.1, 0.15) is 24.1 Å².